The molecule has 0 heterocycles. The highest BCUT2D eigenvalue weighted by Gasteiger charge is 2.59. The fourth-order valence-electron chi connectivity index (χ4n) is 9.10. The third-order valence-corrected chi connectivity index (χ3v) is 11.6. The largest absolute Gasteiger partial charge is 0.390 e. The molecule has 0 radical (unpaired) electrons. The zero-order valence-corrected chi connectivity index (χ0v) is 22.1. The molecule has 3 fully saturated rings. The Balaban J connectivity index is 1.22. The van der Waals surface area contributed by atoms with Crippen LogP contribution >= 0.6 is 0 Å². The number of fused-ring (bicyclic) bond motifs is 5. The van der Waals surface area contributed by atoms with Gasteiger partial charge in [-0.1, -0.05) is 51.0 Å². The quantitative estimate of drug-likeness (QED) is 0.419. The highest BCUT2D eigenvalue weighted by atomic mass is 16.3. The van der Waals surface area contributed by atoms with Crippen molar-refractivity contribution in [3.63, 3.8) is 0 Å². The third-order valence-electron chi connectivity index (χ3n) is 11.6. The molecule has 1 aromatic rings. The highest BCUT2D eigenvalue weighted by Crippen LogP contribution is 2.67. The van der Waals surface area contributed by atoms with E-state index in [1.54, 1.807) is 17.7 Å². The van der Waals surface area contributed by atoms with E-state index in [9.17, 15) is 10.2 Å². The molecule has 3 heteroatoms. The van der Waals surface area contributed by atoms with Crippen LogP contribution in [-0.4, -0.2) is 15.8 Å². The van der Waals surface area contributed by atoms with Gasteiger partial charge in [-0.2, -0.15) is 5.26 Å². The first-order chi connectivity index (χ1) is 16.7. The smallest absolute Gasteiger partial charge is 0.0991 e. The number of benzene rings is 1. The normalized spacial score (nSPS) is 41.2. The van der Waals surface area contributed by atoms with E-state index in [4.69, 9.17) is 5.26 Å². The van der Waals surface area contributed by atoms with Gasteiger partial charge in [-0.05, 0) is 123 Å². The number of nitriles is 1. The van der Waals surface area contributed by atoms with Crippen molar-refractivity contribution in [2.75, 3.05) is 0 Å². The molecule has 2 N–H and O–H groups in total. The summed E-state index contributed by atoms with van der Waals surface area (Å²) in [4.78, 5) is 0. The summed E-state index contributed by atoms with van der Waals surface area (Å²) in [5.74, 6) is 3.20. The molecule has 0 saturated heterocycles. The van der Waals surface area contributed by atoms with E-state index in [1.165, 1.54) is 38.5 Å². The Labute approximate surface area is 212 Å². The molecule has 35 heavy (non-hydrogen) atoms. The van der Waals surface area contributed by atoms with Crippen molar-refractivity contribution in [1.29, 1.82) is 5.26 Å². The van der Waals surface area contributed by atoms with Crippen molar-refractivity contribution in [2.24, 2.45) is 34.5 Å². The molecule has 0 spiro atoms. The second kappa shape index (κ2) is 9.35. The van der Waals surface area contributed by atoms with Gasteiger partial charge in [0.1, 0.15) is 0 Å². The van der Waals surface area contributed by atoms with Gasteiger partial charge < -0.3 is 10.2 Å². The first-order valence-corrected chi connectivity index (χ1v) is 14.3. The fraction of sp³-hybridized carbons (Fsp3) is 0.719. The molecule has 0 amide bonds. The van der Waals surface area contributed by atoms with Crippen molar-refractivity contribution >= 4 is 0 Å². The summed E-state index contributed by atoms with van der Waals surface area (Å²) in [5.41, 5.74) is 3.43. The summed E-state index contributed by atoms with van der Waals surface area (Å²) in [5, 5.41) is 30.7. The van der Waals surface area contributed by atoms with Crippen LogP contribution in [0.4, 0.5) is 0 Å². The maximum Gasteiger partial charge on any atom is 0.0991 e. The topological polar surface area (TPSA) is 64.2 Å². The summed E-state index contributed by atoms with van der Waals surface area (Å²) in [7, 11) is 0. The summed E-state index contributed by atoms with van der Waals surface area (Å²) < 4.78 is 0. The number of hydrogen-bond acceptors (Lipinski definition) is 3. The minimum absolute atomic E-state index is 0.301. The number of nitrogens with zero attached hydrogens (tertiary/aromatic N) is 1. The summed E-state index contributed by atoms with van der Waals surface area (Å²) >= 11 is 0. The zero-order valence-electron chi connectivity index (χ0n) is 22.1. The minimum Gasteiger partial charge on any atom is -0.390 e. The molecule has 8 atom stereocenters. The Morgan fingerprint density at radius 1 is 1.06 bits per heavy atom. The molecule has 3 nitrogen and oxygen atoms in total. The van der Waals surface area contributed by atoms with Crippen LogP contribution < -0.4 is 0 Å². The second-order valence-electron chi connectivity index (χ2n) is 13.0. The van der Waals surface area contributed by atoms with Crippen LogP contribution in [-0.2, 0) is 0 Å². The molecule has 190 valence electrons. The Morgan fingerprint density at radius 2 is 1.83 bits per heavy atom. The Morgan fingerprint density at radius 3 is 2.54 bits per heavy atom. The van der Waals surface area contributed by atoms with Gasteiger partial charge in [-0.25, -0.2) is 0 Å². The van der Waals surface area contributed by atoms with Crippen LogP contribution in [0.5, 0.6) is 0 Å². The van der Waals surface area contributed by atoms with Gasteiger partial charge in [0.15, 0.2) is 0 Å². The number of allylic oxidation sites excluding steroid dienone is 1. The maximum atomic E-state index is 11.0. The number of rotatable bonds is 6. The highest BCUT2D eigenvalue weighted by molar-refractivity contribution is 5.32. The van der Waals surface area contributed by atoms with Gasteiger partial charge in [0.25, 0.3) is 0 Å². The standard InChI is InChI=1S/C32H45NO2/c1-4-32(35)19-18-31(3)25(20-32)12-14-26-27-15-13-24(30(27,2)17-16-28(26)31)6-5-7-29(34)23-10-8-22(21-33)9-11-23/h8-12,24,26-29,34-35H,4-7,13-20H2,1-3H3/t24-,26-,27-,28-,29-,30+,31-,32-/m0/s1. The molecular weight excluding hydrogens is 430 g/mol. The third kappa shape index (κ3) is 4.30. The predicted octanol–water partition coefficient (Wildman–Crippen LogP) is 7.48. The first-order valence-electron chi connectivity index (χ1n) is 14.3. The van der Waals surface area contributed by atoms with Crippen molar-refractivity contribution in [3.05, 3.63) is 47.0 Å². The zero-order chi connectivity index (χ0) is 24.8. The van der Waals surface area contributed by atoms with Crippen LogP contribution in [0.25, 0.3) is 0 Å². The lowest BCUT2D eigenvalue weighted by molar-refractivity contribution is -0.0718. The van der Waals surface area contributed by atoms with E-state index in [1.807, 2.05) is 12.1 Å². The molecule has 0 unspecified atom stereocenters. The average Bonchev–Trinajstić information content (AvgIpc) is 3.21. The molecule has 3 saturated carbocycles. The summed E-state index contributed by atoms with van der Waals surface area (Å²) in [6.07, 6.45) is 15.8. The molecule has 4 aliphatic carbocycles. The van der Waals surface area contributed by atoms with Gasteiger partial charge >= 0.3 is 0 Å². The second-order valence-corrected chi connectivity index (χ2v) is 13.0. The fourth-order valence-corrected chi connectivity index (χ4v) is 9.10. The molecule has 5 rings (SSSR count). The first kappa shape index (κ1) is 25.0. The number of hydrogen-bond donors (Lipinski definition) is 2. The predicted molar refractivity (Wildman–Crippen MR) is 140 cm³/mol. The van der Waals surface area contributed by atoms with Gasteiger partial charge in [0.2, 0.25) is 0 Å². The van der Waals surface area contributed by atoms with Crippen LogP contribution in [0.3, 0.4) is 0 Å². The lowest BCUT2D eigenvalue weighted by atomic mass is 9.46. The van der Waals surface area contributed by atoms with E-state index >= 15 is 0 Å². The van der Waals surface area contributed by atoms with Crippen LogP contribution in [0.2, 0.25) is 0 Å². The lowest BCUT2D eigenvalue weighted by Gasteiger charge is -2.59. The SMILES string of the molecule is CC[C@]1(O)CC[C@@]2(C)C(=CC[C@H]3[C@@H]4CC[C@H](CCC[C@H](O)c5ccc(C#N)cc5)[C@@]4(C)CC[C@@H]32)C1. The van der Waals surface area contributed by atoms with Gasteiger partial charge in [-0.15, -0.1) is 0 Å². The minimum atomic E-state index is -0.470. The van der Waals surface area contributed by atoms with E-state index in [0.717, 1.165) is 67.8 Å². The van der Waals surface area contributed by atoms with Gasteiger partial charge in [0.05, 0.1) is 23.3 Å². The molecule has 4 aliphatic rings. The average molecular weight is 476 g/mol. The molecule has 0 bridgehead atoms. The number of aliphatic hydroxyl groups is 2. The Bertz CT molecular complexity index is 992. The van der Waals surface area contributed by atoms with E-state index in [-0.39, 0.29) is 0 Å². The summed E-state index contributed by atoms with van der Waals surface area (Å²) in [6, 6.07) is 9.56. The summed E-state index contributed by atoms with van der Waals surface area (Å²) in [6.45, 7) is 7.27. The van der Waals surface area contributed by atoms with Crippen molar-refractivity contribution < 1.29 is 10.2 Å². The Hall–Kier alpha value is -1.63. The monoisotopic (exact) mass is 475 g/mol. The molecule has 1 aromatic carbocycles. The van der Waals surface area contributed by atoms with Crippen molar-refractivity contribution in [1.82, 2.24) is 0 Å². The van der Waals surface area contributed by atoms with Crippen LogP contribution in [0.1, 0.15) is 115 Å². The van der Waals surface area contributed by atoms with Crippen molar-refractivity contribution in [3.8, 4) is 6.07 Å². The van der Waals surface area contributed by atoms with E-state index in [0.29, 0.717) is 16.4 Å². The molecule has 0 aromatic heterocycles. The maximum absolute atomic E-state index is 11.0. The van der Waals surface area contributed by atoms with E-state index in [2.05, 4.69) is 32.9 Å². The van der Waals surface area contributed by atoms with E-state index < -0.39 is 11.7 Å². The van der Waals surface area contributed by atoms with Crippen molar-refractivity contribution in [2.45, 2.75) is 110 Å². The Kier molecular flexibility index (Phi) is 6.69. The van der Waals surface area contributed by atoms with Crippen LogP contribution in [0, 0.1) is 45.8 Å². The van der Waals surface area contributed by atoms with Gasteiger partial charge in [0, 0.05) is 0 Å². The number of aliphatic hydroxyl groups excluding tert-OH is 1. The lowest BCUT2D eigenvalue weighted by Crippen LogP contribution is -2.52. The van der Waals surface area contributed by atoms with Gasteiger partial charge in [-0.3, -0.25) is 0 Å². The molecule has 0 aliphatic heterocycles. The molecular formula is C32H45NO2. The van der Waals surface area contributed by atoms with Crippen LogP contribution in [0.15, 0.2) is 35.9 Å².